The van der Waals surface area contributed by atoms with Crippen LogP contribution < -0.4 is 10.1 Å². The molecular weight excluding hydrogens is 348 g/mol. The second-order valence-electron chi connectivity index (χ2n) is 8.27. The molecule has 148 valence electrons. The molecule has 2 atom stereocenters. The van der Waals surface area contributed by atoms with Gasteiger partial charge in [0, 0.05) is 30.2 Å². The van der Waals surface area contributed by atoms with Crippen molar-refractivity contribution in [1.82, 2.24) is 10.2 Å². The van der Waals surface area contributed by atoms with Crippen molar-refractivity contribution in [3.8, 4) is 5.75 Å². The Hall–Kier alpha value is -2.33. The molecule has 2 aromatic rings. The summed E-state index contributed by atoms with van der Waals surface area (Å²) in [6.07, 6.45) is 5.86. The van der Waals surface area contributed by atoms with E-state index >= 15 is 0 Å². The number of nitrogens with zero attached hydrogens (tertiary/aromatic N) is 1. The first-order valence-electron chi connectivity index (χ1n) is 10.4. The highest BCUT2D eigenvalue weighted by molar-refractivity contribution is 5.94. The Kier molecular flexibility index (Phi) is 5.67. The molecule has 2 saturated heterocycles. The number of fused-ring (bicyclic) bond motifs is 2. The van der Waals surface area contributed by atoms with Crippen LogP contribution in [0.4, 0.5) is 0 Å². The quantitative estimate of drug-likeness (QED) is 0.842. The van der Waals surface area contributed by atoms with Crippen molar-refractivity contribution in [2.24, 2.45) is 0 Å². The third kappa shape index (κ3) is 4.22. The van der Waals surface area contributed by atoms with E-state index in [1.54, 1.807) is 7.11 Å². The number of carbonyl (C=O) groups excluding carboxylic acids is 1. The van der Waals surface area contributed by atoms with Crippen molar-refractivity contribution in [2.75, 3.05) is 7.11 Å². The van der Waals surface area contributed by atoms with Crippen LogP contribution in [-0.4, -0.2) is 36.0 Å². The van der Waals surface area contributed by atoms with Crippen molar-refractivity contribution < 1.29 is 9.53 Å². The molecule has 0 aliphatic carbocycles. The van der Waals surface area contributed by atoms with Crippen molar-refractivity contribution >= 4 is 5.91 Å². The van der Waals surface area contributed by atoms with Crippen LogP contribution in [0.3, 0.4) is 0 Å². The molecular formula is C24H30N2O2. The SMILES string of the molecule is COc1ccc(C(=O)NC2CC3CCCC(C2)N3Cc2ccc(C)cc2)cc1. The number of amides is 1. The molecule has 0 radical (unpaired) electrons. The van der Waals surface area contributed by atoms with Gasteiger partial charge in [0.2, 0.25) is 0 Å². The van der Waals surface area contributed by atoms with E-state index in [1.165, 1.54) is 30.4 Å². The second-order valence-corrected chi connectivity index (χ2v) is 8.27. The number of rotatable bonds is 5. The number of hydrogen-bond acceptors (Lipinski definition) is 3. The third-order valence-corrected chi connectivity index (χ3v) is 6.30. The van der Waals surface area contributed by atoms with E-state index in [9.17, 15) is 4.79 Å². The Bertz CT molecular complexity index is 786. The molecule has 2 fully saturated rings. The summed E-state index contributed by atoms with van der Waals surface area (Å²) in [4.78, 5) is 15.4. The van der Waals surface area contributed by atoms with Gasteiger partial charge in [0.1, 0.15) is 5.75 Å². The lowest BCUT2D eigenvalue weighted by atomic mass is 9.81. The number of carbonyl (C=O) groups is 1. The Balaban J connectivity index is 1.39. The monoisotopic (exact) mass is 378 g/mol. The van der Waals surface area contributed by atoms with E-state index in [1.807, 2.05) is 24.3 Å². The van der Waals surface area contributed by atoms with Crippen LogP contribution in [0.5, 0.6) is 5.75 Å². The maximum Gasteiger partial charge on any atom is 0.251 e. The highest BCUT2D eigenvalue weighted by Crippen LogP contribution is 2.35. The lowest BCUT2D eigenvalue weighted by Crippen LogP contribution is -2.56. The van der Waals surface area contributed by atoms with Gasteiger partial charge in [-0.1, -0.05) is 36.2 Å². The summed E-state index contributed by atoms with van der Waals surface area (Å²) in [6.45, 7) is 3.16. The van der Waals surface area contributed by atoms with Gasteiger partial charge in [-0.3, -0.25) is 9.69 Å². The number of nitrogens with one attached hydrogen (secondary N) is 1. The Morgan fingerprint density at radius 2 is 1.68 bits per heavy atom. The zero-order valence-electron chi connectivity index (χ0n) is 16.9. The molecule has 0 spiro atoms. The van der Waals surface area contributed by atoms with Crippen LogP contribution in [-0.2, 0) is 6.54 Å². The molecule has 0 aromatic heterocycles. The maximum atomic E-state index is 12.7. The highest BCUT2D eigenvalue weighted by Gasteiger charge is 2.38. The van der Waals surface area contributed by atoms with E-state index in [4.69, 9.17) is 4.74 Å². The van der Waals surface area contributed by atoms with Crippen molar-refractivity contribution in [2.45, 2.75) is 63.7 Å². The van der Waals surface area contributed by atoms with Crippen LogP contribution in [0.15, 0.2) is 48.5 Å². The van der Waals surface area contributed by atoms with Crippen LogP contribution in [0.1, 0.15) is 53.6 Å². The van der Waals surface area contributed by atoms with Gasteiger partial charge in [0.25, 0.3) is 5.91 Å². The van der Waals surface area contributed by atoms with Crippen molar-refractivity contribution in [1.29, 1.82) is 0 Å². The van der Waals surface area contributed by atoms with Crippen molar-refractivity contribution in [3.05, 3.63) is 65.2 Å². The fourth-order valence-corrected chi connectivity index (χ4v) is 4.77. The number of piperidine rings is 2. The molecule has 2 aliphatic heterocycles. The van der Waals surface area contributed by atoms with Gasteiger partial charge in [-0.05, 0) is 62.4 Å². The molecule has 1 N–H and O–H groups in total. The average Bonchev–Trinajstić information content (AvgIpc) is 2.70. The fourth-order valence-electron chi connectivity index (χ4n) is 4.77. The molecule has 4 rings (SSSR count). The van der Waals surface area contributed by atoms with E-state index in [0.29, 0.717) is 17.6 Å². The van der Waals surface area contributed by atoms with E-state index in [-0.39, 0.29) is 11.9 Å². The largest absolute Gasteiger partial charge is 0.497 e. The van der Waals surface area contributed by atoms with Gasteiger partial charge in [0.05, 0.1) is 7.11 Å². The number of benzene rings is 2. The zero-order valence-corrected chi connectivity index (χ0v) is 16.9. The van der Waals surface area contributed by atoms with Gasteiger partial charge >= 0.3 is 0 Å². The number of aryl methyl sites for hydroxylation is 1. The normalized spacial score (nSPS) is 24.6. The molecule has 1 amide bonds. The van der Waals surface area contributed by atoms with Crippen LogP contribution >= 0.6 is 0 Å². The highest BCUT2D eigenvalue weighted by atomic mass is 16.5. The van der Waals surface area contributed by atoms with Crippen LogP contribution in [0.25, 0.3) is 0 Å². The fraction of sp³-hybridized carbons (Fsp3) is 0.458. The predicted molar refractivity (Wildman–Crippen MR) is 112 cm³/mol. The smallest absolute Gasteiger partial charge is 0.251 e. The topological polar surface area (TPSA) is 41.6 Å². The minimum atomic E-state index is 0.0257. The van der Waals surface area contributed by atoms with Gasteiger partial charge in [-0.2, -0.15) is 0 Å². The molecule has 4 nitrogen and oxygen atoms in total. The Morgan fingerprint density at radius 1 is 1.04 bits per heavy atom. The summed E-state index contributed by atoms with van der Waals surface area (Å²) >= 11 is 0. The standard InChI is InChI=1S/C24H30N2O2/c1-17-6-8-18(9-7-17)16-26-21-4-3-5-22(26)15-20(14-21)25-24(27)19-10-12-23(28-2)13-11-19/h6-13,20-22H,3-5,14-16H2,1-2H3,(H,25,27). The van der Waals surface area contributed by atoms with E-state index < -0.39 is 0 Å². The summed E-state index contributed by atoms with van der Waals surface area (Å²) in [5.74, 6) is 0.799. The molecule has 2 bridgehead atoms. The van der Waals surface area contributed by atoms with Gasteiger partial charge in [-0.15, -0.1) is 0 Å². The molecule has 4 heteroatoms. The first kappa shape index (κ1) is 19.0. The molecule has 28 heavy (non-hydrogen) atoms. The molecule has 2 heterocycles. The molecule has 0 saturated carbocycles. The van der Waals surface area contributed by atoms with Crippen LogP contribution in [0.2, 0.25) is 0 Å². The van der Waals surface area contributed by atoms with Crippen LogP contribution in [0, 0.1) is 6.92 Å². The summed E-state index contributed by atoms with van der Waals surface area (Å²) in [6, 6.07) is 17.7. The first-order valence-corrected chi connectivity index (χ1v) is 10.4. The maximum absolute atomic E-state index is 12.7. The van der Waals surface area contributed by atoms with Crippen molar-refractivity contribution in [3.63, 3.8) is 0 Å². The molecule has 2 aliphatic rings. The molecule has 2 unspecified atom stereocenters. The zero-order chi connectivity index (χ0) is 19.5. The summed E-state index contributed by atoms with van der Waals surface area (Å²) < 4.78 is 5.18. The minimum Gasteiger partial charge on any atom is -0.497 e. The predicted octanol–water partition coefficient (Wildman–Crippen LogP) is 4.32. The number of methoxy groups -OCH3 is 1. The average molecular weight is 379 g/mol. The first-order chi connectivity index (χ1) is 13.6. The Morgan fingerprint density at radius 3 is 2.29 bits per heavy atom. The van der Waals surface area contributed by atoms with E-state index in [0.717, 1.165) is 25.1 Å². The lowest BCUT2D eigenvalue weighted by Gasteiger charge is -2.49. The lowest BCUT2D eigenvalue weighted by molar-refractivity contribution is 0.0177. The Labute approximate surface area is 167 Å². The second kappa shape index (κ2) is 8.36. The molecule has 2 aromatic carbocycles. The van der Waals surface area contributed by atoms with Gasteiger partial charge in [0.15, 0.2) is 0 Å². The number of ether oxygens (including phenoxy) is 1. The summed E-state index contributed by atoms with van der Waals surface area (Å²) in [7, 11) is 1.64. The summed E-state index contributed by atoms with van der Waals surface area (Å²) in [5, 5.41) is 3.29. The number of hydrogen-bond donors (Lipinski definition) is 1. The van der Waals surface area contributed by atoms with Gasteiger partial charge < -0.3 is 10.1 Å². The minimum absolute atomic E-state index is 0.0257. The summed E-state index contributed by atoms with van der Waals surface area (Å²) in [5.41, 5.74) is 3.40. The van der Waals surface area contributed by atoms with E-state index in [2.05, 4.69) is 41.4 Å². The van der Waals surface area contributed by atoms with Gasteiger partial charge in [-0.25, -0.2) is 0 Å². The third-order valence-electron chi connectivity index (χ3n) is 6.30.